The monoisotopic (exact) mass is 389 g/mol. The summed E-state index contributed by atoms with van der Waals surface area (Å²) in [6, 6.07) is 12.0. The van der Waals surface area contributed by atoms with E-state index in [0.717, 1.165) is 36.9 Å². The van der Waals surface area contributed by atoms with Crippen LogP contribution in [0.4, 0.5) is 0 Å². The summed E-state index contributed by atoms with van der Waals surface area (Å²) in [6.45, 7) is 0. The Bertz CT molecular complexity index is 1030. The minimum atomic E-state index is -0.457. The van der Waals surface area contributed by atoms with E-state index in [0.29, 0.717) is 17.4 Å². The Morgan fingerprint density at radius 2 is 1.69 bits per heavy atom. The van der Waals surface area contributed by atoms with Crippen LogP contribution in [0.15, 0.2) is 48.9 Å². The number of pyridine rings is 1. The number of fused-ring (bicyclic) bond motifs is 1. The van der Waals surface area contributed by atoms with E-state index >= 15 is 0 Å². The maximum atomic E-state index is 11.4. The third kappa shape index (κ3) is 3.44. The molecule has 3 aromatic rings. The second-order valence-corrected chi connectivity index (χ2v) is 8.68. The zero-order valence-electron chi connectivity index (χ0n) is 16.5. The Morgan fingerprint density at radius 1 is 1.00 bits per heavy atom. The van der Waals surface area contributed by atoms with Gasteiger partial charge in [0.2, 0.25) is 5.91 Å². The highest BCUT2D eigenvalue weighted by Gasteiger charge is 2.34. The minimum absolute atomic E-state index is 0.265. The maximum absolute atomic E-state index is 11.4. The van der Waals surface area contributed by atoms with Crippen molar-refractivity contribution in [3.05, 3.63) is 71.3 Å². The van der Waals surface area contributed by atoms with E-state index in [4.69, 9.17) is 5.73 Å². The molecular formula is C24H27N3O2. The third-order valence-electron chi connectivity index (χ3n) is 6.84. The zero-order chi connectivity index (χ0) is 20.0. The molecule has 0 radical (unpaired) electrons. The Hall–Kier alpha value is -2.66. The lowest BCUT2D eigenvalue weighted by atomic mass is 9.75. The molecule has 2 aromatic heterocycles. The van der Waals surface area contributed by atoms with Crippen LogP contribution >= 0.6 is 0 Å². The van der Waals surface area contributed by atoms with Crippen LogP contribution in [0.2, 0.25) is 0 Å². The lowest BCUT2D eigenvalue weighted by Crippen LogP contribution is -2.22. The third-order valence-corrected chi connectivity index (χ3v) is 6.84. The topological polar surface area (TPSA) is 80.6 Å². The molecule has 2 aliphatic rings. The van der Waals surface area contributed by atoms with Gasteiger partial charge in [0.1, 0.15) is 0 Å². The number of amides is 1. The molecule has 0 spiro atoms. The number of benzene rings is 1. The SMILES string of the molecule is NC(=O)c1ccc([C@H]2CC[C@H]([C@H](O)c3c(C4CC4)ccc4cncn34)CC2)cc1. The summed E-state index contributed by atoms with van der Waals surface area (Å²) in [7, 11) is 0. The van der Waals surface area contributed by atoms with Crippen LogP contribution in [0.3, 0.4) is 0 Å². The molecular weight excluding hydrogens is 362 g/mol. The Kier molecular flexibility index (Phi) is 4.63. The molecule has 0 saturated heterocycles. The number of aliphatic hydroxyl groups is 1. The number of rotatable bonds is 5. The van der Waals surface area contributed by atoms with Crippen LogP contribution in [-0.4, -0.2) is 20.4 Å². The van der Waals surface area contributed by atoms with Gasteiger partial charge in [-0.25, -0.2) is 4.98 Å². The fraction of sp³-hybridized carbons (Fsp3) is 0.417. The minimum Gasteiger partial charge on any atom is -0.387 e. The van der Waals surface area contributed by atoms with Crippen LogP contribution in [0.1, 0.15) is 83.6 Å². The van der Waals surface area contributed by atoms with Gasteiger partial charge in [-0.05, 0) is 85.6 Å². The predicted molar refractivity (Wildman–Crippen MR) is 112 cm³/mol. The first-order valence-electron chi connectivity index (χ1n) is 10.6. The molecule has 29 heavy (non-hydrogen) atoms. The molecule has 1 amide bonds. The number of carbonyl (C=O) groups is 1. The number of hydrogen-bond acceptors (Lipinski definition) is 3. The Balaban J connectivity index is 1.33. The van der Waals surface area contributed by atoms with Crippen LogP contribution in [-0.2, 0) is 0 Å². The second kappa shape index (κ2) is 7.30. The fourth-order valence-corrected chi connectivity index (χ4v) is 4.99. The van der Waals surface area contributed by atoms with Gasteiger partial charge in [0.05, 0.1) is 29.8 Å². The van der Waals surface area contributed by atoms with Gasteiger partial charge < -0.3 is 15.2 Å². The van der Waals surface area contributed by atoms with Crippen LogP contribution in [0, 0.1) is 5.92 Å². The van der Waals surface area contributed by atoms with Crippen molar-refractivity contribution in [2.75, 3.05) is 0 Å². The van der Waals surface area contributed by atoms with Gasteiger partial charge in [0, 0.05) is 5.56 Å². The molecule has 2 heterocycles. The first-order chi connectivity index (χ1) is 14.1. The second-order valence-electron chi connectivity index (χ2n) is 8.68. The molecule has 5 rings (SSSR count). The molecule has 0 unspecified atom stereocenters. The maximum Gasteiger partial charge on any atom is 0.248 e. The average Bonchev–Trinajstić information content (AvgIpc) is 3.49. The molecule has 5 nitrogen and oxygen atoms in total. The normalized spacial score (nSPS) is 23.2. The summed E-state index contributed by atoms with van der Waals surface area (Å²) in [5.74, 6) is 0.948. The van der Waals surface area contributed by atoms with E-state index in [1.54, 1.807) is 0 Å². The smallest absolute Gasteiger partial charge is 0.248 e. The van der Waals surface area contributed by atoms with Crippen LogP contribution in [0.5, 0.6) is 0 Å². The first-order valence-corrected chi connectivity index (χ1v) is 10.6. The number of nitrogens with two attached hydrogens (primary N) is 1. The number of imidazole rings is 1. The molecule has 2 fully saturated rings. The zero-order valence-corrected chi connectivity index (χ0v) is 16.5. The fourth-order valence-electron chi connectivity index (χ4n) is 4.99. The molecule has 3 N–H and O–H groups in total. The van der Waals surface area contributed by atoms with Gasteiger partial charge in [-0.15, -0.1) is 0 Å². The van der Waals surface area contributed by atoms with E-state index in [9.17, 15) is 9.90 Å². The number of hydrogen-bond donors (Lipinski definition) is 2. The number of primary amides is 1. The lowest BCUT2D eigenvalue weighted by Gasteiger charge is -2.33. The molecule has 5 heteroatoms. The standard InChI is InChI=1S/C24H27N3O2/c25-24(29)19-9-3-16(4-10-19)15-1-7-18(8-2-15)23(28)22-21(17-5-6-17)12-11-20-13-26-14-27(20)22/h3-4,9-15,17-18,23,28H,1-2,5-8H2,(H2,25,29)/t15-,18-,23-/m0/s1. The van der Waals surface area contributed by atoms with Crippen LogP contribution in [0.25, 0.3) is 5.52 Å². The molecule has 0 aliphatic heterocycles. The van der Waals surface area contributed by atoms with Crippen molar-refractivity contribution in [1.82, 2.24) is 9.38 Å². The summed E-state index contributed by atoms with van der Waals surface area (Å²) in [5.41, 5.74) is 10.6. The molecule has 1 atom stereocenters. The number of aromatic nitrogens is 2. The highest BCUT2D eigenvalue weighted by Crippen LogP contribution is 2.47. The average molecular weight is 389 g/mol. The Morgan fingerprint density at radius 3 is 2.34 bits per heavy atom. The van der Waals surface area contributed by atoms with Crippen molar-refractivity contribution in [3.8, 4) is 0 Å². The lowest BCUT2D eigenvalue weighted by molar-refractivity contribution is 0.0754. The van der Waals surface area contributed by atoms with Gasteiger partial charge >= 0.3 is 0 Å². The summed E-state index contributed by atoms with van der Waals surface area (Å²) in [4.78, 5) is 15.6. The van der Waals surface area contributed by atoms with E-state index in [1.807, 2.05) is 36.8 Å². The summed E-state index contributed by atoms with van der Waals surface area (Å²) >= 11 is 0. The van der Waals surface area contributed by atoms with Crippen molar-refractivity contribution in [2.24, 2.45) is 11.7 Å². The van der Waals surface area contributed by atoms with E-state index in [2.05, 4.69) is 21.5 Å². The van der Waals surface area contributed by atoms with Gasteiger partial charge in [0.25, 0.3) is 0 Å². The Labute approximate surface area is 170 Å². The van der Waals surface area contributed by atoms with Gasteiger partial charge in [-0.2, -0.15) is 0 Å². The summed E-state index contributed by atoms with van der Waals surface area (Å²) in [5, 5.41) is 11.4. The van der Waals surface area contributed by atoms with E-state index < -0.39 is 6.10 Å². The van der Waals surface area contributed by atoms with Gasteiger partial charge in [0.15, 0.2) is 0 Å². The molecule has 2 aliphatic carbocycles. The van der Waals surface area contributed by atoms with Crippen molar-refractivity contribution in [1.29, 1.82) is 0 Å². The highest BCUT2D eigenvalue weighted by molar-refractivity contribution is 5.92. The van der Waals surface area contributed by atoms with Gasteiger partial charge in [-0.3, -0.25) is 4.79 Å². The molecule has 150 valence electrons. The van der Waals surface area contributed by atoms with Crippen molar-refractivity contribution in [3.63, 3.8) is 0 Å². The predicted octanol–water partition coefficient (Wildman–Crippen LogP) is 4.32. The number of carbonyl (C=O) groups excluding carboxylic acids is 1. The van der Waals surface area contributed by atoms with E-state index in [-0.39, 0.29) is 11.8 Å². The molecule has 1 aromatic carbocycles. The van der Waals surface area contributed by atoms with Crippen molar-refractivity contribution >= 4 is 11.4 Å². The van der Waals surface area contributed by atoms with E-state index in [1.165, 1.54) is 24.0 Å². The molecule has 2 saturated carbocycles. The number of aliphatic hydroxyl groups excluding tert-OH is 1. The summed E-state index contributed by atoms with van der Waals surface area (Å²) < 4.78 is 2.09. The van der Waals surface area contributed by atoms with Crippen molar-refractivity contribution in [2.45, 2.75) is 56.5 Å². The molecule has 0 bridgehead atoms. The quantitative estimate of drug-likeness (QED) is 0.682. The van der Waals surface area contributed by atoms with Gasteiger partial charge in [-0.1, -0.05) is 18.2 Å². The number of nitrogens with zero attached hydrogens (tertiary/aromatic N) is 2. The first kappa shape index (κ1) is 18.4. The van der Waals surface area contributed by atoms with Crippen molar-refractivity contribution < 1.29 is 9.90 Å². The highest BCUT2D eigenvalue weighted by atomic mass is 16.3. The van der Waals surface area contributed by atoms with Crippen LogP contribution < -0.4 is 5.73 Å². The largest absolute Gasteiger partial charge is 0.387 e. The summed E-state index contributed by atoms with van der Waals surface area (Å²) in [6.07, 6.45) is 9.78.